The zero-order chi connectivity index (χ0) is 13.3. The molecule has 0 amide bonds. The Hall–Kier alpha value is -2.09. The van der Waals surface area contributed by atoms with Gasteiger partial charge < -0.3 is 15.0 Å². The largest absolute Gasteiger partial charge is 0.477 e. The van der Waals surface area contributed by atoms with Crippen LogP contribution in [0.5, 0.6) is 0 Å². The van der Waals surface area contributed by atoms with Gasteiger partial charge in [0.2, 0.25) is 0 Å². The van der Waals surface area contributed by atoms with Crippen molar-refractivity contribution in [3.05, 3.63) is 32.6 Å². The Morgan fingerprint density at radius 2 is 1.89 bits per heavy atom. The Kier molecular flexibility index (Phi) is 3.19. The fourth-order valence-corrected chi connectivity index (χ4v) is 1.84. The van der Waals surface area contributed by atoms with E-state index in [0.717, 1.165) is 24.0 Å². The van der Waals surface area contributed by atoms with Crippen molar-refractivity contribution in [1.29, 1.82) is 0 Å². The van der Waals surface area contributed by atoms with Crippen LogP contribution in [-0.2, 0) is 0 Å². The van der Waals surface area contributed by atoms with E-state index < -0.39 is 22.8 Å². The van der Waals surface area contributed by atoms with E-state index >= 15 is 0 Å². The topological polar surface area (TPSA) is 98.6 Å². The van der Waals surface area contributed by atoms with Crippen LogP contribution in [0, 0.1) is 0 Å². The first-order valence-electron chi connectivity index (χ1n) is 5.52. The number of aromatic nitrogens is 2. The zero-order valence-electron chi connectivity index (χ0n) is 9.92. The van der Waals surface area contributed by atoms with Gasteiger partial charge in [0.15, 0.2) is 0 Å². The van der Waals surface area contributed by atoms with Gasteiger partial charge in [-0.1, -0.05) is 0 Å². The number of carboxylic acids is 1. The van der Waals surface area contributed by atoms with Crippen molar-refractivity contribution in [1.82, 2.24) is 14.6 Å². The van der Waals surface area contributed by atoms with Gasteiger partial charge in [0.25, 0.3) is 5.56 Å². The van der Waals surface area contributed by atoms with Crippen LogP contribution < -0.4 is 16.3 Å². The van der Waals surface area contributed by atoms with Crippen LogP contribution in [0.15, 0.2) is 15.8 Å². The highest BCUT2D eigenvalue weighted by molar-refractivity contribution is 5.86. The summed E-state index contributed by atoms with van der Waals surface area (Å²) in [6, 6.07) is 0. The first-order chi connectivity index (χ1) is 8.49. The highest BCUT2D eigenvalue weighted by Crippen LogP contribution is 1.97. The average Bonchev–Trinajstić information content (AvgIpc) is 2.30. The molecule has 98 valence electrons. The van der Waals surface area contributed by atoms with E-state index in [-0.39, 0.29) is 0 Å². The molecule has 0 radical (unpaired) electrons. The number of H-pyrrole nitrogens is 1. The third kappa shape index (κ3) is 2.28. The number of aromatic carboxylic acids is 1. The highest BCUT2D eigenvalue weighted by Gasteiger charge is 2.18. The van der Waals surface area contributed by atoms with Gasteiger partial charge in [0.1, 0.15) is 5.56 Å². The lowest BCUT2D eigenvalue weighted by atomic mass is 10.3. The number of piperazine rings is 1. The minimum atomic E-state index is -1.35. The quantitative estimate of drug-likeness (QED) is 0.641. The van der Waals surface area contributed by atoms with Crippen LogP contribution in [0.25, 0.3) is 0 Å². The molecular weight excluding hydrogens is 240 g/mol. The SMILES string of the molecule is CN1CCN(n2cc(C(=O)O)c(=O)[nH]c2=O)CC1. The number of aromatic amines is 1. The van der Waals surface area contributed by atoms with E-state index in [2.05, 4.69) is 4.90 Å². The van der Waals surface area contributed by atoms with E-state index in [4.69, 9.17) is 5.11 Å². The summed E-state index contributed by atoms with van der Waals surface area (Å²) >= 11 is 0. The van der Waals surface area contributed by atoms with Gasteiger partial charge in [-0.15, -0.1) is 0 Å². The Bertz CT molecular complexity index is 568. The molecule has 1 fully saturated rings. The smallest absolute Gasteiger partial charge is 0.347 e. The molecule has 0 unspecified atom stereocenters. The fourth-order valence-electron chi connectivity index (χ4n) is 1.84. The molecular formula is C10H14N4O4. The zero-order valence-corrected chi connectivity index (χ0v) is 9.92. The third-order valence-electron chi connectivity index (χ3n) is 2.94. The molecule has 0 bridgehead atoms. The van der Waals surface area contributed by atoms with Gasteiger partial charge >= 0.3 is 11.7 Å². The van der Waals surface area contributed by atoms with Crippen molar-refractivity contribution in [3.8, 4) is 0 Å². The molecule has 2 N–H and O–H groups in total. The number of rotatable bonds is 2. The number of likely N-dealkylation sites (N-methyl/N-ethyl adjacent to an activating group) is 1. The van der Waals surface area contributed by atoms with Crippen molar-refractivity contribution < 1.29 is 9.90 Å². The molecule has 0 saturated carbocycles. The van der Waals surface area contributed by atoms with Crippen molar-refractivity contribution in [2.45, 2.75) is 0 Å². The standard InChI is InChI=1S/C10H14N4O4/c1-12-2-4-13(5-3-12)14-6-7(9(16)17)8(15)11-10(14)18/h6H,2-5H2,1H3,(H,16,17)(H,11,15,18). The molecule has 2 rings (SSSR count). The van der Waals surface area contributed by atoms with Crippen molar-refractivity contribution >= 4 is 5.97 Å². The molecule has 8 heteroatoms. The van der Waals surface area contributed by atoms with Crippen LogP contribution >= 0.6 is 0 Å². The van der Waals surface area contributed by atoms with Crippen molar-refractivity contribution in [2.75, 3.05) is 38.2 Å². The molecule has 1 saturated heterocycles. The van der Waals surface area contributed by atoms with E-state index in [0.29, 0.717) is 13.1 Å². The summed E-state index contributed by atoms with van der Waals surface area (Å²) in [5, 5.41) is 10.6. The molecule has 8 nitrogen and oxygen atoms in total. The molecule has 1 aliphatic heterocycles. The maximum absolute atomic E-state index is 11.7. The molecule has 1 aromatic heterocycles. The van der Waals surface area contributed by atoms with Crippen molar-refractivity contribution in [2.24, 2.45) is 0 Å². The van der Waals surface area contributed by atoms with E-state index in [1.807, 2.05) is 12.0 Å². The van der Waals surface area contributed by atoms with Gasteiger partial charge in [-0.25, -0.2) is 14.3 Å². The van der Waals surface area contributed by atoms with Crippen LogP contribution in [0.2, 0.25) is 0 Å². The lowest BCUT2D eigenvalue weighted by Gasteiger charge is -2.34. The predicted octanol–water partition coefficient (Wildman–Crippen LogP) is -1.88. The second-order valence-corrected chi connectivity index (χ2v) is 4.21. The average molecular weight is 254 g/mol. The van der Waals surface area contributed by atoms with Gasteiger partial charge in [-0.2, -0.15) is 0 Å². The summed E-state index contributed by atoms with van der Waals surface area (Å²) in [4.78, 5) is 37.9. The van der Waals surface area contributed by atoms with Crippen LogP contribution in [0.1, 0.15) is 10.4 Å². The maximum atomic E-state index is 11.7. The van der Waals surface area contributed by atoms with Gasteiger partial charge in [-0.05, 0) is 7.05 Å². The summed E-state index contributed by atoms with van der Waals surface area (Å²) in [6.07, 6.45) is 1.08. The Balaban J connectivity index is 2.39. The molecule has 2 heterocycles. The van der Waals surface area contributed by atoms with E-state index in [1.54, 1.807) is 5.01 Å². The third-order valence-corrected chi connectivity index (χ3v) is 2.94. The minimum Gasteiger partial charge on any atom is -0.477 e. The van der Waals surface area contributed by atoms with Gasteiger partial charge in [0.05, 0.1) is 6.20 Å². The number of nitrogens with one attached hydrogen (secondary N) is 1. The minimum absolute atomic E-state index is 0.437. The molecule has 1 aliphatic rings. The second-order valence-electron chi connectivity index (χ2n) is 4.21. The monoisotopic (exact) mass is 254 g/mol. The summed E-state index contributed by atoms with van der Waals surface area (Å²) in [5.41, 5.74) is -1.93. The number of hydrogen-bond acceptors (Lipinski definition) is 5. The summed E-state index contributed by atoms with van der Waals surface area (Å²) in [6.45, 7) is 2.74. The fraction of sp³-hybridized carbons (Fsp3) is 0.500. The number of carbonyl (C=O) groups is 1. The first-order valence-corrected chi connectivity index (χ1v) is 5.52. The van der Waals surface area contributed by atoms with Gasteiger partial charge in [-0.3, -0.25) is 9.78 Å². The molecule has 0 atom stereocenters. The van der Waals surface area contributed by atoms with Gasteiger partial charge in [0, 0.05) is 26.2 Å². The lowest BCUT2D eigenvalue weighted by molar-refractivity contribution is 0.0693. The van der Waals surface area contributed by atoms with Crippen LogP contribution in [-0.4, -0.2) is 58.9 Å². The highest BCUT2D eigenvalue weighted by atomic mass is 16.4. The van der Waals surface area contributed by atoms with Crippen LogP contribution in [0.3, 0.4) is 0 Å². The Morgan fingerprint density at radius 3 is 2.44 bits per heavy atom. The number of hydrogen-bond donors (Lipinski definition) is 2. The Morgan fingerprint density at radius 1 is 1.28 bits per heavy atom. The number of nitrogens with zero attached hydrogens (tertiary/aromatic N) is 3. The summed E-state index contributed by atoms with van der Waals surface area (Å²) in [5.74, 6) is -1.35. The first kappa shape index (κ1) is 12.4. The molecule has 1 aromatic rings. The van der Waals surface area contributed by atoms with Crippen LogP contribution in [0.4, 0.5) is 0 Å². The molecule has 0 aromatic carbocycles. The molecule has 18 heavy (non-hydrogen) atoms. The predicted molar refractivity (Wildman–Crippen MR) is 63.7 cm³/mol. The molecule has 0 spiro atoms. The van der Waals surface area contributed by atoms with E-state index in [9.17, 15) is 14.4 Å². The van der Waals surface area contributed by atoms with Crippen molar-refractivity contribution in [3.63, 3.8) is 0 Å². The van der Waals surface area contributed by atoms with E-state index in [1.165, 1.54) is 0 Å². The summed E-state index contributed by atoms with van der Waals surface area (Å²) in [7, 11) is 1.97. The maximum Gasteiger partial charge on any atom is 0.347 e. The Labute approximate surface area is 102 Å². The lowest BCUT2D eigenvalue weighted by Crippen LogP contribution is -2.54. The normalized spacial score (nSPS) is 16.8. The second kappa shape index (κ2) is 4.65. The summed E-state index contributed by atoms with van der Waals surface area (Å²) < 4.78 is 1.16. The molecule has 0 aliphatic carbocycles. The number of carboxylic acid groups (broad SMARTS) is 1.